The molecule has 4 aromatic rings. The Bertz CT molecular complexity index is 1600. The smallest absolute Gasteiger partial charge is 0.343 e. The maximum atomic E-state index is 12.9. The third-order valence-corrected chi connectivity index (χ3v) is 7.48. The van der Waals surface area contributed by atoms with Crippen LogP contribution in [-0.2, 0) is 22.4 Å². The molecular formula is C38H41N3O6. The van der Waals surface area contributed by atoms with Crippen LogP contribution in [0, 0.1) is 0 Å². The van der Waals surface area contributed by atoms with Crippen molar-refractivity contribution in [1.29, 1.82) is 0 Å². The predicted molar refractivity (Wildman–Crippen MR) is 181 cm³/mol. The minimum atomic E-state index is -0.759. The van der Waals surface area contributed by atoms with Gasteiger partial charge in [-0.2, -0.15) is 0 Å². The lowest BCUT2D eigenvalue weighted by molar-refractivity contribution is -0.119. The van der Waals surface area contributed by atoms with Crippen LogP contribution in [0.4, 0.5) is 5.69 Å². The Labute approximate surface area is 275 Å². The van der Waals surface area contributed by atoms with Crippen LogP contribution in [0.25, 0.3) is 0 Å². The van der Waals surface area contributed by atoms with Gasteiger partial charge in [0.05, 0.1) is 24.6 Å². The largest absolute Gasteiger partial charge is 0.494 e. The topological polar surface area (TPSA) is 124 Å². The van der Waals surface area contributed by atoms with E-state index in [1.54, 1.807) is 91.1 Å². The second-order valence-electron chi connectivity index (χ2n) is 11.3. The molecule has 0 unspecified atom stereocenters. The van der Waals surface area contributed by atoms with Gasteiger partial charge >= 0.3 is 5.97 Å². The van der Waals surface area contributed by atoms with E-state index in [1.807, 2.05) is 6.07 Å². The van der Waals surface area contributed by atoms with Gasteiger partial charge in [0.25, 0.3) is 5.91 Å². The number of aromatic nitrogens is 1. The first kappa shape index (κ1) is 34.6. The first-order chi connectivity index (χ1) is 22.8. The van der Waals surface area contributed by atoms with Crippen molar-refractivity contribution >= 4 is 29.3 Å². The Balaban J connectivity index is 1.24. The molecule has 244 valence electrons. The maximum absolute atomic E-state index is 12.9. The summed E-state index contributed by atoms with van der Waals surface area (Å²) in [7, 11) is 0. The molecule has 1 atom stereocenters. The van der Waals surface area contributed by atoms with Gasteiger partial charge in [0, 0.05) is 23.1 Å². The number of benzene rings is 3. The lowest BCUT2D eigenvalue weighted by atomic mass is 10.0. The molecule has 0 spiro atoms. The van der Waals surface area contributed by atoms with Crippen LogP contribution in [0.15, 0.2) is 97.2 Å². The van der Waals surface area contributed by atoms with E-state index >= 15 is 0 Å². The van der Waals surface area contributed by atoms with Crippen molar-refractivity contribution < 1.29 is 28.7 Å². The van der Waals surface area contributed by atoms with E-state index in [-0.39, 0.29) is 24.5 Å². The van der Waals surface area contributed by atoms with E-state index in [4.69, 9.17) is 9.47 Å². The molecule has 0 aliphatic heterocycles. The van der Waals surface area contributed by atoms with E-state index < -0.39 is 17.9 Å². The number of ether oxygens (including phenoxy) is 2. The summed E-state index contributed by atoms with van der Waals surface area (Å²) in [5.74, 6) is -0.243. The van der Waals surface area contributed by atoms with Gasteiger partial charge in [0.1, 0.15) is 11.5 Å². The van der Waals surface area contributed by atoms with Crippen LogP contribution >= 0.6 is 0 Å². The lowest BCUT2D eigenvalue weighted by Crippen LogP contribution is -2.41. The third kappa shape index (κ3) is 11.5. The SMILES string of the molecule is CCCCCCCOc1ccc(C(=O)Oc2ccc(C[C@H](NC(=O)c3ccc(NC(=O)Cc4ccccn4)cc3)C(C)=O)cc2)cc1. The number of nitrogens with zero attached hydrogens (tertiary/aromatic N) is 1. The molecule has 0 saturated carbocycles. The minimum Gasteiger partial charge on any atom is -0.494 e. The Morgan fingerprint density at radius 2 is 1.45 bits per heavy atom. The molecule has 9 heteroatoms. The number of carbonyl (C=O) groups is 4. The van der Waals surface area contributed by atoms with Crippen molar-refractivity contribution in [3.8, 4) is 11.5 Å². The van der Waals surface area contributed by atoms with Gasteiger partial charge < -0.3 is 20.1 Å². The molecule has 9 nitrogen and oxygen atoms in total. The van der Waals surface area contributed by atoms with Crippen LogP contribution in [-0.4, -0.2) is 41.2 Å². The fourth-order valence-electron chi connectivity index (χ4n) is 4.79. The second-order valence-corrected chi connectivity index (χ2v) is 11.3. The summed E-state index contributed by atoms with van der Waals surface area (Å²) in [5.41, 5.74) is 2.74. The van der Waals surface area contributed by atoms with Crippen LogP contribution in [0.5, 0.6) is 11.5 Å². The van der Waals surface area contributed by atoms with Gasteiger partial charge in [-0.05, 0) is 98.1 Å². The molecule has 0 aliphatic carbocycles. The fourth-order valence-corrected chi connectivity index (χ4v) is 4.79. The highest BCUT2D eigenvalue weighted by Gasteiger charge is 2.19. The van der Waals surface area contributed by atoms with Crippen molar-refractivity contribution in [2.45, 2.75) is 64.8 Å². The molecular weight excluding hydrogens is 594 g/mol. The Morgan fingerprint density at radius 3 is 2.11 bits per heavy atom. The van der Waals surface area contributed by atoms with Crippen LogP contribution in [0.2, 0.25) is 0 Å². The van der Waals surface area contributed by atoms with Crippen LogP contribution in [0.3, 0.4) is 0 Å². The van der Waals surface area contributed by atoms with Crippen molar-refractivity contribution in [3.05, 3.63) is 120 Å². The Morgan fingerprint density at radius 1 is 0.766 bits per heavy atom. The number of unbranched alkanes of at least 4 members (excludes halogenated alkanes) is 4. The highest BCUT2D eigenvalue weighted by molar-refractivity contribution is 5.98. The lowest BCUT2D eigenvalue weighted by Gasteiger charge is -2.16. The summed E-state index contributed by atoms with van der Waals surface area (Å²) in [6.07, 6.45) is 7.84. The van der Waals surface area contributed by atoms with E-state index in [2.05, 4.69) is 22.5 Å². The van der Waals surface area contributed by atoms with E-state index in [1.165, 1.54) is 26.2 Å². The number of ketones is 1. The van der Waals surface area contributed by atoms with Gasteiger partial charge in [-0.3, -0.25) is 19.4 Å². The Hall–Kier alpha value is -5.31. The van der Waals surface area contributed by atoms with Crippen molar-refractivity contribution in [1.82, 2.24) is 10.3 Å². The van der Waals surface area contributed by atoms with E-state index in [0.29, 0.717) is 40.6 Å². The molecule has 3 aromatic carbocycles. The molecule has 0 bridgehead atoms. The molecule has 0 aliphatic rings. The monoisotopic (exact) mass is 635 g/mol. The number of esters is 1. The number of hydrogen-bond donors (Lipinski definition) is 2. The summed E-state index contributed by atoms with van der Waals surface area (Å²) in [6.45, 7) is 4.26. The quantitative estimate of drug-likeness (QED) is 0.0746. The number of amides is 2. The Kier molecular flexibility index (Phi) is 13.2. The number of rotatable bonds is 17. The first-order valence-electron chi connectivity index (χ1n) is 16.0. The summed E-state index contributed by atoms with van der Waals surface area (Å²) < 4.78 is 11.3. The highest BCUT2D eigenvalue weighted by atomic mass is 16.5. The maximum Gasteiger partial charge on any atom is 0.343 e. The van der Waals surface area contributed by atoms with Crippen LogP contribution in [0.1, 0.15) is 77.9 Å². The molecule has 1 aromatic heterocycles. The minimum absolute atomic E-state index is 0.135. The third-order valence-electron chi connectivity index (χ3n) is 7.48. The molecule has 4 rings (SSSR count). The number of hydrogen-bond acceptors (Lipinski definition) is 7. The zero-order valence-corrected chi connectivity index (χ0v) is 26.9. The van der Waals surface area contributed by atoms with Gasteiger partial charge in [-0.1, -0.05) is 50.8 Å². The van der Waals surface area contributed by atoms with Gasteiger partial charge in [-0.15, -0.1) is 0 Å². The number of pyridine rings is 1. The fraction of sp³-hybridized carbons (Fsp3) is 0.289. The number of anilines is 1. The molecule has 0 saturated heterocycles. The molecule has 0 radical (unpaired) electrons. The standard InChI is InChI=1S/C38H41N3O6/c1-3-4-5-6-9-24-46-33-21-15-30(16-22-33)38(45)47-34-19-11-28(12-20-34)25-35(27(2)42)41-37(44)29-13-17-31(18-14-29)40-36(43)26-32-10-7-8-23-39-32/h7-8,10-23,35H,3-6,9,24-26H2,1-2H3,(H,40,43)(H,41,44)/t35-/m0/s1. The van der Waals surface area contributed by atoms with E-state index in [0.717, 1.165) is 18.4 Å². The predicted octanol–water partition coefficient (Wildman–Crippen LogP) is 6.76. The van der Waals surface area contributed by atoms with Crippen LogP contribution < -0.4 is 20.1 Å². The summed E-state index contributed by atoms with van der Waals surface area (Å²) in [5, 5.41) is 5.58. The molecule has 2 amide bonds. The number of nitrogens with one attached hydrogen (secondary N) is 2. The second kappa shape index (κ2) is 18.0. The number of carbonyl (C=O) groups excluding carboxylic acids is 4. The van der Waals surface area contributed by atoms with Gasteiger partial charge in [-0.25, -0.2) is 4.79 Å². The number of Topliss-reactive ketones (excluding diaryl/α,β-unsaturated/α-hetero) is 1. The zero-order valence-electron chi connectivity index (χ0n) is 26.9. The normalized spacial score (nSPS) is 11.3. The first-order valence-corrected chi connectivity index (χ1v) is 16.0. The van der Waals surface area contributed by atoms with Gasteiger partial charge in [0.15, 0.2) is 5.78 Å². The van der Waals surface area contributed by atoms with Crippen molar-refractivity contribution in [3.63, 3.8) is 0 Å². The molecule has 2 N–H and O–H groups in total. The summed E-state index contributed by atoms with van der Waals surface area (Å²) in [6, 6.07) is 24.8. The van der Waals surface area contributed by atoms with Gasteiger partial charge in [0.2, 0.25) is 5.91 Å². The average Bonchev–Trinajstić information content (AvgIpc) is 3.07. The average molecular weight is 636 g/mol. The molecule has 0 fully saturated rings. The van der Waals surface area contributed by atoms with Crippen molar-refractivity contribution in [2.24, 2.45) is 0 Å². The highest BCUT2D eigenvalue weighted by Crippen LogP contribution is 2.19. The van der Waals surface area contributed by atoms with E-state index in [9.17, 15) is 19.2 Å². The molecule has 47 heavy (non-hydrogen) atoms. The van der Waals surface area contributed by atoms with Crippen molar-refractivity contribution in [2.75, 3.05) is 11.9 Å². The summed E-state index contributed by atoms with van der Waals surface area (Å²) in [4.78, 5) is 54.4. The zero-order chi connectivity index (χ0) is 33.4. The summed E-state index contributed by atoms with van der Waals surface area (Å²) >= 11 is 0. The molecule has 1 heterocycles.